The Kier molecular flexibility index (Phi) is 5.65. The number of ether oxygens (including phenoxy) is 2. The average molecular weight is 445 g/mol. The third kappa shape index (κ3) is 4.12. The lowest BCUT2D eigenvalue weighted by atomic mass is 10.2. The molecule has 4 rings (SSSR count). The summed E-state index contributed by atoms with van der Waals surface area (Å²) in [5, 5.41) is 4.54. The Hall–Kier alpha value is -3.04. The fourth-order valence-corrected chi connectivity index (χ4v) is 5.34. The van der Waals surface area contributed by atoms with Crippen LogP contribution in [0, 0.1) is 0 Å². The summed E-state index contributed by atoms with van der Waals surface area (Å²) in [6.45, 7) is 0.642. The van der Waals surface area contributed by atoms with Crippen LogP contribution in [0.4, 0.5) is 5.69 Å². The number of fused-ring (bicyclic) bond motifs is 1. The largest absolute Gasteiger partial charge is 0.486 e. The number of anilines is 1. The highest BCUT2D eigenvalue weighted by molar-refractivity contribution is 7.94. The average Bonchev–Trinajstić information content (AvgIpc) is 3.33. The van der Waals surface area contributed by atoms with Crippen LogP contribution in [0.3, 0.4) is 0 Å². The van der Waals surface area contributed by atoms with E-state index in [9.17, 15) is 13.2 Å². The zero-order valence-electron chi connectivity index (χ0n) is 16.1. The molecule has 0 bridgehead atoms. The minimum absolute atomic E-state index is 0.267. The highest BCUT2D eigenvalue weighted by Crippen LogP contribution is 2.30. The Bertz CT molecular complexity index is 1130. The topological polar surface area (TPSA) is 84.9 Å². The highest BCUT2D eigenvalue weighted by atomic mass is 32.2. The van der Waals surface area contributed by atoms with E-state index in [1.807, 2.05) is 24.3 Å². The Morgan fingerprint density at radius 3 is 2.53 bits per heavy atom. The number of carbonyl (C=O) groups is 1. The van der Waals surface area contributed by atoms with E-state index >= 15 is 0 Å². The zero-order valence-corrected chi connectivity index (χ0v) is 17.8. The van der Waals surface area contributed by atoms with Crippen LogP contribution >= 0.6 is 11.3 Å². The van der Waals surface area contributed by atoms with E-state index in [1.165, 1.54) is 11.4 Å². The number of rotatable bonds is 6. The van der Waals surface area contributed by atoms with Crippen LogP contribution in [0.15, 0.2) is 70.3 Å². The van der Waals surface area contributed by atoms with Crippen molar-refractivity contribution in [3.63, 3.8) is 0 Å². The molecule has 0 fully saturated rings. The molecule has 2 aromatic carbocycles. The lowest BCUT2D eigenvalue weighted by molar-refractivity contribution is 0.0789. The van der Waals surface area contributed by atoms with E-state index in [-0.39, 0.29) is 16.2 Å². The van der Waals surface area contributed by atoms with Crippen molar-refractivity contribution in [2.24, 2.45) is 0 Å². The van der Waals surface area contributed by atoms with Gasteiger partial charge in [0.2, 0.25) is 0 Å². The number of benzene rings is 2. The molecular weight excluding hydrogens is 424 g/mol. The lowest BCUT2D eigenvalue weighted by Gasteiger charge is -2.26. The van der Waals surface area contributed by atoms with Crippen molar-refractivity contribution in [1.82, 2.24) is 5.32 Å². The molecule has 1 N–H and O–H groups in total. The number of nitrogens with one attached hydrogen (secondary N) is 1. The normalized spacial score (nSPS) is 15.4. The minimum atomic E-state index is -3.61. The van der Waals surface area contributed by atoms with Crippen LogP contribution in [-0.2, 0) is 10.0 Å². The summed E-state index contributed by atoms with van der Waals surface area (Å²) in [4.78, 5) is 12.5. The van der Waals surface area contributed by atoms with Gasteiger partial charge in [-0.05, 0) is 47.8 Å². The third-order valence-corrected chi connectivity index (χ3v) is 7.82. The van der Waals surface area contributed by atoms with Crippen LogP contribution in [0.1, 0.15) is 10.4 Å². The molecule has 3 aromatic rings. The quantitative estimate of drug-likeness (QED) is 0.631. The smallest absolute Gasteiger partial charge is 0.273 e. The first kappa shape index (κ1) is 20.2. The predicted octanol–water partition coefficient (Wildman–Crippen LogP) is 3.14. The number of thiophene rings is 1. The fraction of sp³-hybridized carbons (Fsp3) is 0.190. The van der Waals surface area contributed by atoms with Gasteiger partial charge in [-0.3, -0.25) is 9.10 Å². The summed E-state index contributed by atoms with van der Waals surface area (Å²) in [5.74, 6) is 1.08. The molecule has 0 saturated carbocycles. The third-order valence-electron chi connectivity index (χ3n) is 4.66. The van der Waals surface area contributed by atoms with Crippen molar-refractivity contribution >= 4 is 33.0 Å². The van der Waals surface area contributed by atoms with Gasteiger partial charge in [-0.2, -0.15) is 0 Å². The number of hydrogen-bond donors (Lipinski definition) is 1. The summed E-state index contributed by atoms with van der Waals surface area (Å²) < 4.78 is 38.2. The van der Waals surface area contributed by atoms with Crippen molar-refractivity contribution < 1.29 is 22.7 Å². The first-order chi connectivity index (χ1) is 14.4. The molecule has 1 aliphatic heterocycles. The predicted molar refractivity (Wildman–Crippen MR) is 115 cm³/mol. The number of hydrogen-bond acceptors (Lipinski definition) is 6. The van der Waals surface area contributed by atoms with Crippen LogP contribution in [0.2, 0.25) is 0 Å². The molecule has 1 amide bonds. The molecule has 2 heterocycles. The van der Waals surface area contributed by atoms with E-state index in [2.05, 4.69) is 5.32 Å². The Balaban J connectivity index is 1.37. The molecular formula is C21H20N2O5S2. The van der Waals surface area contributed by atoms with Crippen molar-refractivity contribution in [3.8, 4) is 11.5 Å². The monoisotopic (exact) mass is 444 g/mol. The second-order valence-corrected chi connectivity index (χ2v) is 9.80. The van der Waals surface area contributed by atoms with E-state index in [1.54, 1.807) is 41.8 Å². The molecule has 9 heteroatoms. The van der Waals surface area contributed by atoms with Crippen molar-refractivity contribution in [3.05, 3.63) is 71.6 Å². The number of para-hydroxylation sites is 2. The molecule has 7 nitrogen and oxygen atoms in total. The van der Waals surface area contributed by atoms with E-state index in [4.69, 9.17) is 9.47 Å². The van der Waals surface area contributed by atoms with Crippen molar-refractivity contribution in [2.75, 3.05) is 24.5 Å². The summed E-state index contributed by atoms with van der Waals surface area (Å²) in [6, 6.07) is 17.1. The van der Waals surface area contributed by atoms with Gasteiger partial charge in [-0.15, -0.1) is 11.3 Å². The van der Waals surface area contributed by atoms with E-state index in [0.717, 1.165) is 11.3 Å². The van der Waals surface area contributed by atoms with Gasteiger partial charge in [0.15, 0.2) is 11.5 Å². The summed E-state index contributed by atoms with van der Waals surface area (Å²) in [5.41, 5.74) is 0.901. The molecule has 30 heavy (non-hydrogen) atoms. The maximum atomic E-state index is 12.6. The van der Waals surface area contributed by atoms with Gasteiger partial charge < -0.3 is 14.8 Å². The maximum absolute atomic E-state index is 12.6. The first-order valence-electron chi connectivity index (χ1n) is 9.24. The second-order valence-electron chi connectivity index (χ2n) is 6.66. The van der Waals surface area contributed by atoms with Gasteiger partial charge >= 0.3 is 0 Å². The van der Waals surface area contributed by atoms with Gasteiger partial charge in [0, 0.05) is 12.6 Å². The van der Waals surface area contributed by atoms with Crippen molar-refractivity contribution in [1.29, 1.82) is 0 Å². The first-order valence-corrected chi connectivity index (χ1v) is 11.6. The maximum Gasteiger partial charge on any atom is 0.273 e. The highest BCUT2D eigenvalue weighted by Gasteiger charge is 2.23. The SMILES string of the molecule is CN(c1ccc(C(=O)NC[C@@H]2COc3ccccc3O2)cc1)S(=O)(=O)c1cccs1. The molecule has 1 aromatic heterocycles. The summed E-state index contributed by atoms with van der Waals surface area (Å²) in [7, 11) is -2.12. The standard InChI is InChI=1S/C21H20N2O5S2/c1-23(30(25,26)20-7-4-12-29-20)16-10-8-15(9-11-16)21(24)22-13-17-14-27-18-5-2-3-6-19(18)28-17/h2-12,17H,13-14H2,1H3,(H,22,24)/t17-/m1/s1. The molecule has 156 valence electrons. The van der Waals surface area contributed by atoms with Crippen LogP contribution < -0.4 is 19.1 Å². The van der Waals surface area contributed by atoms with Gasteiger partial charge in [0.05, 0.1) is 12.2 Å². The van der Waals surface area contributed by atoms with E-state index in [0.29, 0.717) is 35.9 Å². The molecule has 1 aliphatic rings. The second kappa shape index (κ2) is 8.37. The molecule has 0 saturated heterocycles. The molecule has 1 atom stereocenters. The Morgan fingerprint density at radius 1 is 1.10 bits per heavy atom. The van der Waals surface area contributed by atoms with Crippen LogP contribution in [0.5, 0.6) is 11.5 Å². The van der Waals surface area contributed by atoms with Gasteiger partial charge in [-0.25, -0.2) is 8.42 Å². The molecule has 0 spiro atoms. The lowest BCUT2D eigenvalue weighted by Crippen LogP contribution is -2.40. The van der Waals surface area contributed by atoms with E-state index < -0.39 is 10.0 Å². The number of nitrogens with zero attached hydrogens (tertiary/aromatic N) is 1. The summed E-state index contributed by atoms with van der Waals surface area (Å²) in [6.07, 6.45) is -0.287. The Morgan fingerprint density at radius 2 is 1.83 bits per heavy atom. The number of sulfonamides is 1. The molecule has 0 radical (unpaired) electrons. The van der Waals surface area contributed by atoms with Gasteiger partial charge in [0.1, 0.15) is 16.9 Å². The molecule has 0 unspecified atom stereocenters. The Labute approximate surface area is 178 Å². The molecule has 0 aliphatic carbocycles. The van der Waals surface area contributed by atoms with Crippen LogP contribution in [-0.4, -0.2) is 40.6 Å². The number of carbonyl (C=O) groups excluding carboxylic acids is 1. The number of amides is 1. The summed E-state index contributed by atoms with van der Waals surface area (Å²) >= 11 is 1.16. The van der Waals surface area contributed by atoms with Crippen molar-refractivity contribution in [2.45, 2.75) is 10.3 Å². The fourth-order valence-electron chi connectivity index (χ4n) is 2.98. The van der Waals surface area contributed by atoms with Gasteiger partial charge in [0.25, 0.3) is 15.9 Å². The zero-order chi connectivity index (χ0) is 21.1. The van der Waals surface area contributed by atoms with Gasteiger partial charge in [-0.1, -0.05) is 18.2 Å². The van der Waals surface area contributed by atoms with Crippen LogP contribution in [0.25, 0.3) is 0 Å². The minimum Gasteiger partial charge on any atom is -0.486 e.